The number of anilines is 6. The van der Waals surface area contributed by atoms with Crippen LogP contribution in [0, 0.1) is 0 Å². The van der Waals surface area contributed by atoms with E-state index in [0.717, 1.165) is 88.2 Å². The number of rotatable bonds is 6. The first-order valence-electron chi connectivity index (χ1n) is 22.9. The molecular weight excluding hydrogens is 963 g/mol. The molecule has 0 aliphatic carbocycles. The molecule has 4 heterocycles. The van der Waals surface area contributed by atoms with Gasteiger partial charge in [-0.1, -0.05) is 0 Å². The molecule has 0 amide bonds. The van der Waals surface area contributed by atoms with E-state index in [9.17, 15) is 0 Å². The Kier molecular flexibility index (Phi) is 8.36. The zero-order valence-corrected chi connectivity index (χ0v) is 39.7. The van der Waals surface area contributed by atoms with Crippen LogP contribution in [0.15, 0.2) is 227 Å². The van der Waals surface area contributed by atoms with Crippen LogP contribution < -0.4 is 9.80 Å². The van der Waals surface area contributed by atoms with Crippen molar-refractivity contribution in [2.24, 2.45) is 0 Å². The molecule has 0 aliphatic heterocycles. The summed E-state index contributed by atoms with van der Waals surface area (Å²) in [5, 5.41) is 14.1. The first-order valence-corrected chi connectivity index (χ1v) is 26.3. The second-order valence-electron chi connectivity index (χ2n) is 17.6. The van der Waals surface area contributed by atoms with Crippen LogP contribution in [0.3, 0.4) is 0 Å². The summed E-state index contributed by atoms with van der Waals surface area (Å²) < 4.78 is 19.5. The minimum atomic E-state index is 0.269. The average Bonchev–Trinajstić information content (AvgIpc) is 4.16. The molecule has 0 saturated carbocycles. The van der Waals surface area contributed by atoms with E-state index >= 15 is 0 Å². The molecule has 0 saturated heterocycles. The number of para-hydroxylation sites is 2. The Morgan fingerprint density at radius 1 is 0.279 bits per heavy atom. The SMILES string of the molecule is c1ccc(N(c2ccc3cc4c(cc3c2)oc2c4ccc3c4cc5ccc(N(c6ccccc6)c6cccc7[se]c8ccccc8c67)cc5cc4oc32)c2cccc3[se]c4ccccc4c23)cc1. The van der Waals surface area contributed by atoms with Crippen molar-refractivity contribution in [2.45, 2.75) is 0 Å². The molecular formula is C62H36N2O2Se2. The fourth-order valence-electron chi connectivity index (χ4n) is 10.7. The molecule has 4 aromatic heterocycles. The number of furan rings is 2. The van der Waals surface area contributed by atoms with Crippen LogP contribution in [0.25, 0.3) is 104 Å². The van der Waals surface area contributed by atoms with Gasteiger partial charge in [-0.05, 0) is 0 Å². The zero-order valence-electron chi connectivity index (χ0n) is 36.3. The summed E-state index contributed by atoms with van der Waals surface area (Å²) in [5.74, 6) is 0. The molecule has 318 valence electrons. The molecule has 11 aromatic carbocycles. The van der Waals surface area contributed by atoms with Crippen LogP contribution in [0.1, 0.15) is 0 Å². The molecule has 15 rings (SSSR count). The predicted molar refractivity (Wildman–Crippen MR) is 289 cm³/mol. The molecule has 0 spiro atoms. The fourth-order valence-corrected chi connectivity index (χ4v) is 15.4. The van der Waals surface area contributed by atoms with E-state index < -0.39 is 0 Å². The first-order chi connectivity index (χ1) is 33.7. The van der Waals surface area contributed by atoms with E-state index in [1.165, 1.54) is 50.0 Å². The molecule has 0 atom stereocenters. The second-order valence-corrected chi connectivity index (χ2v) is 22.2. The third-order valence-corrected chi connectivity index (χ3v) is 18.5. The Labute approximate surface area is 401 Å². The van der Waals surface area contributed by atoms with Crippen molar-refractivity contribution in [1.82, 2.24) is 0 Å². The molecule has 68 heavy (non-hydrogen) atoms. The number of fused-ring (bicyclic) bond motifs is 15. The van der Waals surface area contributed by atoms with Crippen molar-refractivity contribution in [3.05, 3.63) is 218 Å². The molecule has 15 aromatic rings. The van der Waals surface area contributed by atoms with Gasteiger partial charge < -0.3 is 0 Å². The van der Waals surface area contributed by atoms with Gasteiger partial charge in [0.1, 0.15) is 0 Å². The van der Waals surface area contributed by atoms with Crippen LogP contribution in [0.4, 0.5) is 34.1 Å². The number of hydrogen-bond donors (Lipinski definition) is 0. The Balaban J connectivity index is 0.863. The summed E-state index contributed by atoms with van der Waals surface area (Å²) >= 11 is 0.537. The van der Waals surface area contributed by atoms with Crippen LogP contribution in [0.2, 0.25) is 0 Å². The van der Waals surface area contributed by atoms with Gasteiger partial charge >= 0.3 is 404 Å². The summed E-state index contributed by atoms with van der Waals surface area (Å²) in [7, 11) is 0. The van der Waals surface area contributed by atoms with E-state index in [4.69, 9.17) is 8.83 Å². The van der Waals surface area contributed by atoms with E-state index in [0.29, 0.717) is 0 Å². The summed E-state index contributed by atoms with van der Waals surface area (Å²) in [6, 6.07) is 79.8. The molecule has 0 unspecified atom stereocenters. The van der Waals surface area contributed by atoms with Gasteiger partial charge in [0.25, 0.3) is 0 Å². The van der Waals surface area contributed by atoms with E-state index in [1.807, 2.05) is 0 Å². The molecule has 0 aliphatic rings. The van der Waals surface area contributed by atoms with Gasteiger partial charge in [-0.25, -0.2) is 0 Å². The Morgan fingerprint density at radius 2 is 0.706 bits per heavy atom. The third kappa shape index (κ3) is 5.79. The maximum absolute atomic E-state index is 6.87. The summed E-state index contributed by atoms with van der Waals surface area (Å²) in [5.41, 5.74) is 10.1. The molecule has 6 heteroatoms. The molecule has 0 radical (unpaired) electrons. The topological polar surface area (TPSA) is 32.8 Å². The molecule has 0 N–H and O–H groups in total. The summed E-state index contributed by atoms with van der Waals surface area (Å²) in [4.78, 5) is 4.83. The first kappa shape index (κ1) is 38.3. The van der Waals surface area contributed by atoms with E-state index in [1.54, 1.807) is 0 Å². The number of benzene rings is 11. The van der Waals surface area contributed by atoms with E-state index in [2.05, 4.69) is 228 Å². The summed E-state index contributed by atoms with van der Waals surface area (Å²) in [6.07, 6.45) is 0. The Morgan fingerprint density at radius 3 is 1.18 bits per heavy atom. The van der Waals surface area contributed by atoms with Crippen LogP contribution >= 0.6 is 0 Å². The normalized spacial score (nSPS) is 12.1. The number of hydrogen-bond acceptors (Lipinski definition) is 4. The molecule has 0 fully saturated rings. The number of nitrogens with zero attached hydrogens (tertiary/aromatic N) is 2. The molecule has 0 bridgehead atoms. The van der Waals surface area contributed by atoms with Crippen molar-refractivity contribution in [3.63, 3.8) is 0 Å². The average molecular weight is 999 g/mol. The second kappa shape index (κ2) is 14.8. The monoisotopic (exact) mass is 1000 g/mol. The van der Waals surface area contributed by atoms with Gasteiger partial charge in [-0.15, -0.1) is 0 Å². The third-order valence-electron chi connectivity index (χ3n) is 13.7. The van der Waals surface area contributed by atoms with Crippen LogP contribution in [0.5, 0.6) is 0 Å². The van der Waals surface area contributed by atoms with Crippen molar-refractivity contribution in [1.29, 1.82) is 0 Å². The van der Waals surface area contributed by atoms with Crippen molar-refractivity contribution < 1.29 is 8.83 Å². The maximum atomic E-state index is 6.87. The van der Waals surface area contributed by atoms with Gasteiger partial charge in [-0.2, -0.15) is 0 Å². The van der Waals surface area contributed by atoms with Gasteiger partial charge in [0.15, 0.2) is 0 Å². The minimum absolute atomic E-state index is 0.269. The quantitative estimate of drug-likeness (QED) is 0.155. The fraction of sp³-hybridized carbons (Fsp3) is 0. The zero-order chi connectivity index (χ0) is 44.5. The van der Waals surface area contributed by atoms with Crippen LogP contribution in [-0.2, 0) is 0 Å². The standard InChI is InChI=1S/C62H36N2O2Se2/c1-3-13-41(14-4-1)63(51-19-11-23-57-59(51)47-17-7-9-21-55(47)67-57)43-27-25-37-33-49-45-29-30-46-50-34-38-26-28-44(32-40(38)36-54(50)66-62(46)61(45)65-53(49)35-39(37)31-43)64(42-15-5-2-6-16-42)52-20-12-24-58-60(52)48-18-8-10-22-56(48)68-58/h1-36H. The molecule has 4 nitrogen and oxygen atoms in total. The van der Waals surface area contributed by atoms with E-state index in [-0.39, 0.29) is 29.0 Å². The van der Waals surface area contributed by atoms with Crippen molar-refractivity contribution in [3.8, 4) is 0 Å². The van der Waals surface area contributed by atoms with Crippen LogP contribution in [-0.4, -0.2) is 29.0 Å². The Hall–Kier alpha value is -7.82. The van der Waals surface area contributed by atoms with Crippen molar-refractivity contribution in [2.75, 3.05) is 9.80 Å². The van der Waals surface area contributed by atoms with Crippen molar-refractivity contribution >= 4 is 167 Å². The van der Waals surface area contributed by atoms with Gasteiger partial charge in [-0.3, -0.25) is 0 Å². The predicted octanol–water partition coefficient (Wildman–Crippen LogP) is 17.5. The van der Waals surface area contributed by atoms with Gasteiger partial charge in [0.2, 0.25) is 0 Å². The summed E-state index contributed by atoms with van der Waals surface area (Å²) in [6.45, 7) is 0. The van der Waals surface area contributed by atoms with Gasteiger partial charge in [0.05, 0.1) is 0 Å². The van der Waals surface area contributed by atoms with Gasteiger partial charge in [0, 0.05) is 0 Å². The Bertz CT molecular complexity index is 4230.